The van der Waals surface area contributed by atoms with Crippen LogP contribution in [0.2, 0.25) is 0 Å². The highest BCUT2D eigenvalue weighted by atomic mass is 16.6. The van der Waals surface area contributed by atoms with Crippen molar-refractivity contribution >= 4 is 17.6 Å². The van der Waals surface area contributed by atoms with Crippen LogP contribution in [0.4, 0.5) is 5.69 Å². The van der Waals surface area contributed by atoms with Gasteiger partial charge in [-0.25, -0.2) is 0 Å². The Hall–Kier alpha value is -2.44. The number of hydrogen-bond donors (Lipinski definition) is 0. The number of carbonyl (C=O) groups excluding carboxylic acids is 2. The first kappa shape index (κ1) is 17.4. The van der Waals surface area contributed by atoms with E-state index in [1.54, 1.807) is 24.0 Å². The maximum atomic E-state index is 12.4. The van der Waals surface area contributed by atoms with E-state index in [4.69, 9.17) is 4.74 Å². The van der Waals surface area contributed by atoms with E-state index in [0.29, 0.717) is 12.1 Å². The fraction of sp³-hybridized carbons (Fsp3) is 0.556. The highest BCUT2D eigenvalue weighted by Crippen LogP contribution is 2.33. The number of ether oxygens (including phenoxy) is 1. The Labute approximate surface area is 146 Å². The number of carbonyl (C=O) groups is 2. The summed E-state index contributed by atoms with van der Waals surface area (Å²) in [5.74, 6) is -0.272. The van der Waals surface area contributed by atoms with Crippen LogP contribution in [0.3, 0.4) is 0 Å². The first-order valence-electron chi connectivity index (χ1n) is 8.69. The number of non-ortho nitro benzene ring substituents is 1. The summed E-state index contributed by atoms with van der Waals surface area (Å²) in [5.41, 5.74) is 0.712. The maximum absolute atomic E-state index is 12.4. The van der Waals surface area contributed by atoms with Gasteiger partial charge in [0.1, 0.15) is 6.10 Å². The van der Waals surface area contributed by atoms with E-state index >= 15 is 0 Å². The van der Waals surface area contributed by atoms with Crippen molar-refractivity contribution < 1.29 is 19.2 Å². The van der Waals surface area contributed by atoms with Crippen molar-refractivity contribution in [2.45, 2.75) is 38.7 Å². The molecule has 3 rings (SSSR count). The van der Waals surface area contributed by atoms with Gasteiger partial charge in [-0.3, -0.25) is 19.7 Å². The van der Waals surface area contributed by atoms with E-state index in [-0.39, 0.29) is 29.4 Å². The lowest BCUT2D eigenvalue weighted by Gasteiger charge is -2.32. The van der Waals surface area contributed by atoms with Gasteiger partial charge in [-0.05, 0) is 50.3 Å². The molecule has 7 heteroatoms. The second-order valence-corrected chi connectivity index (χ2v) is 6.83. The quantitative estimate of drug-likeness (QED) is 0.464. The molecule has 0 radical (unpaired) electrons. The van der Waals surface area contributed by atoms with Crippen LogP contribution in [-0.4, -0.2) is 34.8 Å². The molecule has 1 aliphatic heterocycles. The summed E-state index contributed by atoms with van der Waals surface area (Å²) in [6.07, 6.45) is 2.97. The largest absolute Gasteiger partial charge is 0.458 e. The summed E-state index contributed by atoms with van der Waals surface area (Å²) >= 11 is 0. The second kappa shape index (κ2) is 7.21. The van der Waals surface area contributed by atoms with Crippen LogP contribution in [0.15, 0.2) is 24.3 Å². The smallest absolute Gasteiger partial charge is 0.311 e. The lowest BCUT2D eigenvalue weighted by molar-refractivity contribution is -0.384. The molecular weight excluding hydrogens is 324 g/mol. The molecule has 1 saturated heterocycles. The Kier molecular flexibility index (Phi) is 5.01. The summed E-state index contributed by atoms with van der Waals surface area (Å²) < 4.78 is 5.53. The van der Waals surface area contributed by atoms with Crippen molar-refractivity contribution in [3.8, 4) is 0 Å². The SMILES string of the molecule is C[C@@H](OC(=O)[C@@H]1CCCN(C(=O)C2CC2)C1)c1ccc([N+](=O)[O-])cc1. The third kappa shape index (κ3) is 4.15. The van der Waals surface area contributed by atoms with E-state index in [9.17, 15) is 19.7 Å². The van der Waals surface area contributed by atoms with Crippen LogP contribution in [-0.2, 0) is 14.3 Å². The average Bonchev–Trinajstić information content (AvgIpc) is 3.46. The van der Waals surface area contributed by atoms with Crippen molar-refractivity contribution in [2.75, 3.05) is 13.1 Å². The van der Waals surface area contributed by atoms with E-state index in [2.05, 4.69) is 0 Å². The molecule has 1 aliphatic carbocycles. The number of piperidine rings is 1. The van der Waals surface area contributed by atoms with Gasteiger partial charge in [0.2, 0.25) is 5.91 Å². The molecule has 1 aromatic rings. The Morgan fingerprint density at radius 3 is 2.48 bits per heavy atom. The van der Waals surface area contributed by atoms with Gasteiger partial charge in [-0.2, -0.15) is 0 Å². The molecule has 0 N–H and O–H groups in total. The average molecular weight is 346 g/mol. The van der Waals surface area contributed by atoms with Crippen LogP contribution >= 0.6 is 0 Å². The lowest BCUT2D eigenvalue weighted by Crippen LogP contribution is -2.43. The topological polar surface area (TPSA) is 89.8 Å². The molecule has 2 atom stereocenters. The van der Waals surface area contributed by atoms with Gasteiger partial charge in [0.15, 0.2) is 0 Å². The zero-order chi connectivity index (χ0) is 18.0. The van der Waals surface area contributed by atoms with Gasteiger partial charge in [-0.1, -0.05) is 0 Å². The van der Waals surface area contributed by atoms with E-state index in [1.807, 2.05) is 0 Å². The molecular formula is C18H22N2O5. The van der Waals surface area contributed by atoms with Gasteiger partial charge in [0, 0.05) is 31.1 Å². The molecule has 0 unspecified atom stereocenters. The van der Waals surface area contributed by atoms with Crippen LogP contribution in [0.25, 0.3) is 0 Å². The molecule has 134 valence electrons. The number of likely N-dealkylation sites (tertiary alicyclic amines) is 1. The van der Waals surface area contributed by atoms with E-state index < -0.39 is 11.0 Å². The number of nitrogens with zero attached hydrogens (tertiary/aromatic N) is 2. The number of nitro groups is 1. The number of amides is 1. The standard InChI is InChI=1S/C18H22N2O5/c1-12(13-6-8-16(9-7-13)20(23)24)25-18(22)15-3-2-10-19(11-15)17(21)14-4-5-14/h6-9,12,14-15H,2-5,10-11H2,1H3/t12-,15-/m1/s1. The highest BCUT2D eigenvalue weighted by Gasteiger charge is 2.37. The fourth-order valence-corrected chi connectivity index (χ4v) is 3.16. The van der Waals surface area contributed by atoms with Crippen LogP contribution < -0.4 is 0 Å². The Balaban J connectivity index is 1.56. The van der Waals surface area contributed by atoms with Crippen LogP contribution in [0.5, 0.6) is 0 Å². The normalized spacial score (nSPS) is 21.5. The molecule has 0 aromatic heterocycles. The number of hydrogen-bond acceptors (Lipinski definition) is 5. The van der Waals surface area contributed by atoms with Gasteiger partial charge < -0.3 is 9.64 Å². The first-order chi connectivity index (χ1) is 12.0. The molecule has 2 aliphatic rings. The number of esters is 1. The minimum Gasteiger partial charge on any atom is -0.458 e. The number of rotatable bonds is 5. The molecule has 0 bridgehead atoms. The van der Waals surface area contributed by atoms with E-state index in [1.165, 1.54) is 12.1 Å². The summed E-state index contributed by atoms with van der Waals surface area (Å²) in [6.45, 7) is 2.90. The fourth-order valence-electron chi connectivity index (χ4n) is 3.16. The zero-order valence-electron chi connectivity index (χ0n) is 14.2. The molecule has 7 nitrogen and oxygen atoms in total. The Morgan fingerprint density at radius 2 is 1.88 bits per heavy atom. The Morgan fingerprint density at radius 1 is 1.20 bits per heavy atom. The summed E-state index contributed by atoms with van der Waals surface area (Å²) in [4.78, 5) is 36.6. The maximum Gasteiger partial charge on any atom is 0.311 e. The molecule has 1 aromatic carbocycles. The van der Waals surface area contributed by atoms with Crippen LogP contribution in [0, 0.1) is 22.0 Å². The van der Waals surface area contributed by atoms with Crippen molar-refractivity contribution in [3.63, 3.8) is 0 Å². The summed E-state index contributed by atoms with van der Waals surface area (Å²) in [5, 5.41) is 10.7. The van der Waals surface area contributed by atoms with Crippen molar-refractivity contribution in [1.82, 2.24) is 4.90 Å². The first-order valence-corrected chi connectivity index (χ1v) is 8.69. The van der Waals surface area contributed by atoms with E-state index in [0.717, 1.165) is 32.2 Å². The molecule has 1 amide bonds. The minimum absolute atomic E-state index is 0.00351. The molecule has 1 saturated carbocycles. The lowest BCUT2D eigenvalue weighted by atomic mass is 9.97. The third-order valence-electron chi connectivity index (χ3n) is 4.86. The van der Waals surface area contributed by atoms with Crippen molar-refractivity contribution in [2.24, 2.45) is 11.8 Å². The third-order valence-corrected chi connectivity index (χ3v) is 4.86. The number of nitro benzene ring substituents is 1. The molecule has 25 heavy (non-hydrogen) atoms. The second-order valence-electron chi connectivity index (χ2n) is 6.83. The Bertz CT molecular complexity index is 669. The van der Waals surface area contributed by atoms with Gasteiger partial charge >= 0.3 is 5.97 Å². The van der Waals surface area contributed by atoms with Crippen molar-refractivity contribution in [3.05, 3.63) is 39.9 Å². The predicted octanol–water partition coefficient (Wildman–Crippen LogP) is 2.85. The monoisotopic (exact) mass is 346 g/mol. The molecule has 2 fully saturated rings. The van der Waals surface area contributed by atoms with Crippen molar-refractivity contribution in [1.29, 1.82) is 0 Å². The predicted molar refractivity (Wildman–Crippen MR) is 89.6 cm³/mol. The zero-order valence-corrected chi connectivity index (χ0v) is 14.2. The number of benzene rings is 1. The summed E-state index contributed by atoms with van der Waals surface area (Å²) in [6, 6.07) is 5.99. The van der Waals surface area contributed by atoms with Gasteiger partial charge in [-0.15, -0.1) is 0 Å². The van der Waals surface area contributed by atoms with Crippen LogP contribution in [0.1, 0.15) is 44.3 Å². The minimum atomic E-state index is -0.484. The molecule has 0 spiro atoms. The van der Waals surface area contributed by atoms with Gasteiger partial charge in [0.25, 0.3) is 5.69 Å². The highest BCUT2D eigenvalue weighted by molar-refractivity contribution is 5.82. The van der Waals surface area contributed by atoms with Gasteiger partial charge in [0.05, 0.1) is 10.8 Å². The molecule has 1 heterocycles. The summed E-state index contributed by atoms with van der Waals surface area (Å²) in [7, 11) is 0.